The standard InChI is InChI=1S/C14H21ClN4O/c1-18(2)9-10-3-5-19(6-4-10)14(20)12-7-11(16)8-17-13(12)15/h7-8,10H,3-6,9,16H2,1-2H3. The number of carbonyl (C=O) groups excluding carboxylic acids is 1. The van der Waals surface area contributed by atoms with Crippen LogP contribution < -0.4 is 5.73 Å². The van der Waals surface area contributed by atoms with Crippen molar-refractivity contribution in [2.24, 2.45) is 5.92 Å². The quantitative estimate of drug-likeness (QED) is 0.863. The number of rotatable bonds is 3. The van der Waals surface area contributed by atoms with E-state index in [9.17, 15) is 4.79 Å². The summed E-state index contributed by atoms with van der Waals surface area (Å²) < 4.78 is 0. The van der Waals surface area contributed by atoms with Gasteiger partial charge in [-0.3, -0.25) is 4.79 Å². The molecule has 2 rings (SSSR count). The number of halogens is 1. The number of nitrogens with zero attached hydrogens (tertiary/aromatic N) is 3. The molecule has 0 saturated carbocycles. The molecule has 1 aliphatic heterocycles. The highest BCUT2D eigenvalue weighted by atomic mass is 35.5. The molecule has 1 aromatic heterocycles. The van der Waals surface area contributed by atoms with Crippen molar-refractivity contribution in [3.8, 4) is 0 Å². The maximum atomic E-state index is 12.4. The molecule has 0 radical (unpaired) electrons. The molecule has 0 bridgehead atoms. The number of hydrogen-bond donors (Lipinski definition) is 1. The summed E-state index contributed by atoms with van der Waals surface area (Å²) in [7, 11) is 4.16. The van der Waals surface area contributed by atoms with Gasteiger partial charge >= 0.3 is 0 Å². The zero-order valence-corrected chi connectivity index (χ0v) is 12.7. The van der Waals surface area contributed by atoms with E-state index >= 15 is 0 Å². The molecule has 1 saturated heterocycles. The van der Waals surface area contributed by atoms with Crippen molar-refractivity contribution in [3.05, 3.63) is 23.0 Å². The summed E-state index contributed by atoms with van der Waals surface area (Å²) in [6, 6.07) is 1.60. The monoisotopic (exact) mass is 296 g/mol. The first kappa shape index (κ1) is 15.1. The van der Waals surface area contributed by atoms with Gasteiger partial charge < -0.3 is 15.5 Å². The number of hydrogen-bond acceptors (Lipinski definition) is 4. The molecule has 5 nitrogen and oxygen atoms in total. The molecule has 1 aliphatic rings. The lowest BCUT2D eigenvalue weighted by atomic mass is 9.96. The van der Waals surface area contributed by atoms with E-state index in [2.05, 4.69) is 24.0 Å². The Morgan fingerprint density at radius 1 is 1.50 bits per heavy atom. The van der Waals surface area contributed by atoms with Crippen LogP contribution in [0.15, 0.2) is 12.3 Å². The van der Waals surface area contributed by atoms with Gasteiger partial charge in [0.15, 0.2) is 0 Å². The predicted molar refractivity (Wildman–Crippen MR) is 80.8 cm³/mol. The van der Waals surface area contributed by atoms with Crippen molar-refractivity contribution in [2.45, 2.75) is 12.8 Å². The van der Waals surface area contributed by atoms with E-state index in [-0.39, 0.29) is 11.1 Å². The van der Waals surface area contributed by atoms with E-state index in [1.54, 1.807) is 6.07 Å². The highest BCUT2D eigenvalue weighted by molar-refractivity contribution is 6.32. The lowest BCUT2D eigenvalue weighted by Gasteiger charge is -2.33. The average Bonchev–Trinajstić information content (AvgIpc) is 2.41. The van der Waals surface area contributed by atoms with Gasteiger partial charge in [0.2, 0.25) is 0 Å². The second kappa shape index (κ2) is 6.41. The van der Waals surface area contributed by atoms with E-state index in [1.807, 2.05) is 4.90 Å². The maximum Gasteiger partial charge on any atom is 0.257 e. The molecule has 0 aromatic carbocycles. The summed E-state index contributed by atoms with van der Waals surface area (Å²) in [5, 5.41) is 0.222. The molecule has 0 unspecified atom stereocenters. The molecule has 2 heterocycles. The van der Waals surface area contributed by atoms with Crippen LogP contribution in [0.2, 0.25) is 5.15 Å². The molecule has 20 heavy (non-hydrogen) atoms. The van der Waals surface area contributed by atoms with Gasteiger partial charge in [-0.25, -0.2) is 4.98 Å². The van der Waals surface area contributed by atoms with Crippen LogP contribution in [0.4, 0.5) is 5.69 Å². The Morgan fingerprint density at radius 2 is 2.15 bits per heavy atom. The molecule has 1 amide bonds. The molecular weight excluding hydrogens is 276 g/mol. The van der Waals surface area contributed by atoms with Crippen LogP contribution in [0, 0.1) is 5.92 Å². The van der Waals surface area contributed by atoms with Gasteiger partial charge in [-0.05, 0) is 38.9 Å². The highest BCUT2D eigenvalue weighted by Crippen LogP contribution is 2.22. The van der Waals surface area contributed by atoms with Gasteiger partial charge in [0.25, 0.3) is 5.91 Å². The minimum atomic E-state index is -0.0712. The minimum absolute atomic E-state index is 0.0712. The Bertz CT molecular complexity index is 484. The fourth-order valence-corrected chi connectivity index (χ4v) is 2.80. The van der Waals surface area contributed by atoms with Gasteiger partial charge in [-0.1, -0.05) is 11.6 Å². The number of amides is 1. The van der Waals surface area contributed by atoms with E-state index in [0.29, 0.717) is 17.2 Å². The molecule has 1 fully saturated rings. The summed E-state index contributed by atoms with van der Waals surface area (Å²) >= 11 is 5.99. The maximum absolute atomic E-state index is 12.4. The minimum Gasteiger partial charge on any atom is -0.397 e. The van der Waals surface area contributed by atoms with Crippen LogP contribution in [-0.2, 0) is 0 Å². The molecule has 110 valence electrons. The van der Waals surface area contributed by atoms with E-state index < -0.39 is 0 Å². The largest absolute Gasteiger partial charge is 0.397 e. The molecule has 0 spiro atoms. The lowest BCUT2D eigenvalue weighted by Crippen LogP contribution is -2.40. The van der Waals surface area contributed by atoms with E-state index in [0.717, 1.165) is 32.5 Å². The molecule has 0 aliphatic carbocycles. The topological polar surface area (TPSA) is 62.5 Å². The first-order valence-corrected chi connectivity index (χ1v) is 7.20. The molecular formula is C14H21ClN4O. The van der Waals surface area contributed by atoms with Crippen molar-refractivity contribution in [3.63, 3.8) is 0 Å². The van der Waals surface area contributed by atoms with Gasteiger partial charge in [0, 0.05) is 19.6 Å². The number of nitrogen functional groups attached to an aromatic ring is 1. The van der Waals surface area contributed by atoms with Crippen molar-refractivity contribution < 1.29 is 4.79 Å². The number of carbonyl (C=O) groups is 1. The Morgan fingerprint density at radius 3 is 2.75 bits per heavy atom. The SMILES string of the molecule is CN(C)CC1CCN(C(=O)c2cc(N)cnc2Cl)CC1. The van der Waals surface area contributed by atoms with Gasteiger partial charge in [0.1, 0.15) is 5.15 Å². The smallest absolute Gasteiger partial charge is 0.257 e. The number of piperidine rings is 1. The first-order chi connectivity index (χ1) is 9.47. The fraction of sp³-hybridized carbons (Fsp3) is 0.571. The normalized spacial score (nSPS) is 16.7. The fourth-order valence-electron chi connectivity index (χ4n) is 2.62. The van der Waals surface area contributed by atoms with E-state index in [4.69, 9.17) is 17.3 Å². The van der Waals surface area contributed by atoms with Crippen molar-refractivity contribution in [2.75, 3.05) is 39.5 Å². The number of pyridine rings is 1. The predicted octanol–water partition coefficient (Wildman–Crippen LogP) is 1.73. The zero-order valence-electron chi connectivity index (χ0n) is 12.0. The zero-order chi connectivity index (χ0) is 14.7. The summed E-state index contributed by atoms with van der Waals surface area (Å²) in [5.41, 5.74) is 6.53. The molecule has 1 aromatic rings. The molecule has 6 heteroatoms. The van der Waals surface area contributed by atoms with Crippen molar-refractivity contribution in [1.29, 1.82) is 0 Å². The average molecular weight is 297 g/mol. The highest BCUT2D eigenvalue weighted by Gasteiger charge is 2.25. The summed E-state index contributed by atoms with van der Waals surface area (Å²) in [6.07, 6.45) is 3.51. The Labute approximate surface area is 124 Å². The van der Waals surface area contributed by atoms with Crippen LogP contribution in [0.3, 0.4) is 0 Å². The second-order valence-electron chi connectivity index (χ2n) is 5.60. The van der Waals surface area contributed by atoms with Crippen LogP contribution in [0.25, 0.3) is 0 Å². The van der Waals surface area contributed by atoms with Gasteiger partial charge in [-0.2, -0.15) is 0 Å². The summed E-state index contributed by atoms with van der Waals surface area (Å²) in [6.45, 7) is 2.60. The molecule has 2 N–H and O–H groups in total. The number of nitrogens with two attached hydrogens (primary N) is 1. The lowest BCUT2D eigenvalue weighted by molar-refractivity contribution is 0.0678. The number of anilines is 1. The van der Waals surface area contributed by atoms with Crippen LogP contribution in [0.5, 0.6) is 0 Å². The summed E-state index contributed by atoms with van der Waals surface area (Å²) in [4.78, 5) is 20.4. The third-order valence-electron chi connectivity index (χ3n) is 3.62. The number of aromatic nitrogens is 1. The Hall–Kier alpha value is -1.33. The van der Waals surface area contributed by atoms with Crippen molar-refractivity contribution in [1.82, 2.24) is 14.8 Å². The van der Waals surface area contributed by atoms with E-state index in [1.165, 1.54) is 6.20 Å². The third kappa shape index (κ3) is 3.61. The first-order valence-electron chi connectivity index (χ1n) is 6.82. The molecule has 0 atom stereocenters. The summed E-state index contributed by atoms with van der Waals surface area (Å²) in [5.74, 6) is 0.585. The van der Waals surface area contributed by atoms with Gasteiger partial charge in [0.05, 0.1) is 17.4 Å². The Kier molecular flexibility index (Phi) is 4.83. The van der Waals surface area contributed by atoms with Gasteiger partial charge in [-0.15, -0.1) is 0 Å². The van der Waals surface area contributed by atoms with Crippen molar-refractivity contribution >= 4 is 23.2 Å². The second-order valence-corrected chi connectivity index (χ2v) is 5.96. The van der Waals surface area contributed by atoms with Crippen LogP contribution in [0.1, 0.15) is 23.2 Å². The third-order valence-corrected chi connectivity index (χ3v) is 3.92. The van der Waals surface area contributed by atoms with Crippen LogP contribution >= 0.6 is 11.6 Å². The number of likely N-dealkylation sites (tertiary alicyclic amines) is 1. The Balaban J connectivity index is 2.00. The van der Waals surface area contributed by atoms with Crippen LogP contribution in [-0.4, -0.2) is 54.4 Å².